The molecular formula is C15H31NO2. The van der Waals surface area contributed by atoms with Gasteiger partial charge in [0.25, 0.3) is 0 Å². The minimum Gasteiger partial charge on any atom is -0.381 e. The largest absolute Gasteiger partial charge is 0.381 e. The second-order valence-corrected chi connectivity index (χ2v) is 5.30. The van der Waals surface area contributed by atoms with E-state index in [4.69, 9.17) is 9.47 Å². The minimum atomic E-state index is 0.00790. The molecule has 0 aromatic rings. The molecule has 1 saturated heterocycles. The number of hydrogen-bond acceptors (Lipinski definition) is 3. The molecule has 18 heavy (non-hydrogen) atoms. The fourth-order valence-electron chi connectivity index (χ4n) is 3.04. The summed E-state index contributed by atoms with van der Waals surface area (Å²) in [6, 6.07) is 0.471. The number of rotatable bonds is 9. The molecule has 0 spiro atoms. The van der Waals surface area contributed by atoms with Crippen LogP contribution in [-0.2, 0) is 9.47 Å². The molecule has 1 unspecified atom stereocenters. The van der Waals surface area contributed by atoms with Gasteiger partial charge in [0.2, 0.25) is 0 Å². The van der Waals surface area contributed by atoms with E-state index in [1.807, 2.05) is 0 Å². The van der Waals surface area contributed by atoms with Crippen LogP contribution in [0.15, 0.2) is 0 Å². The van der Waals surface area contributed by atoms with E-state index in [0.29, 0.717) is 6.04 Å². The highest BCUT2D eigenvalue weighted by atomic mass is 16.5. The first kappa shape index (κ1) is 15.9. The molecule has 108 valence electrons. The van der Waals surface area contributed by atoms with Gasteiger partial charge in [0, 0.05) is 38.7 Å². The van der Waals surface area contributed by atoms with Crippen molar-refractivity contribution in [3.05, 3.63) is 0 Å². The van der Waals surface area contributed by atoms with Gasteiger partial charge in [-0.25, -0.2) is 0 Å². The molecule has 0 radical (unpaired) electrons. The predicted octanol–water partition coefficient (Wildman–Crippen LogP) is 3.13. The summed E-state index contributed by atoms with van der Waals surface area (Å²) in [6.45, 7) is 6.84. The van der Waals surface area contributed by atoms with E-state index in [2.05, 4.69) is 26.2 Å². The van der Waals surface area contributed by atoms with Crippen LogP contribution in [0, 0.1) is 0 Å². The molecule has 1 aliphatic rings. The molecule has 1 N–H and O–H groups in total. The lowest BCUT2D eigenvalue weighted by molar-refractivity contribution is -0.127. The number of ether oxygens (including phenoxy) is 2. The molecule has 0 aromatic heterocycles. The topological polar surface area (TPSA) is 30.5 Å². The smallest absolute Gasteiger partial charge is 0.0878 e. The fourth-order valence-corrected chi connectivity index (χ4v) is 3.04. The normalized spacial score (nSPS) is 20.8. The van der Waals surface area contributed by atoms with Crippen LogP contribution in [0.4, 0.5) is 0 Å². The average molecular weight is 257 g/mol. The summed E-state index contributed by atoms with van der Waals surface area (Å²) < 4.78 is 11.6. The molecule has 0 aromatic carbocycles. The Bertz CT molecular complexity index is 197. The third-order valence-corrected chi connectivity index (χ3v) is 4.10. The van der Waals surface area contributed by atoms with Crippen LogP contribution in [0.1, 0.15) is 58.8 Å². The minimum absolute atomic E-state index is 0.00790. The van der Waals surface area contributed by atoms with Crippen LogP contribution >= 0.6 is 0 Å². The lowest BCUT2D eigenvalue weighted by Crippen LogP contribution is -2.54. The Kier molecular flexibility index (Phi) is 7.87. The number of nitrogens with one attached hydrogen (secondary N) is 1. The second kappa shape index (κ2) is 8.89. The Morgan fingerprint density at radius 2 is 1.89 bits per heavy atom. The summed E-state index contributed by atoms with van der Waals surface area (Å²) in [7, 11) is 2.07. The first-order valence-electron chi connectivity index (χ1n) is 7.68. The summed E-state index contributed by atoms with van der Waals surface area (Å²) in [5.41, 5.74) is 0.00790. The van der Waals surface area contributed by atoms with Gasteiger partial charge >= 0.3 is 0 Å². The molecule has 0 amide bonds. The molecule has 1 rings (SSSR count). The zero-order chi connectivity index (χ0) is 13.3. The van der Waals surface area contributed by atoms with E-state index >= 15 is 0 Å². The molecule has 3 heteroatoms. The van der Waals surface area contributed by atoms with E-state index in [1.165, 1.54) is 32.1 Å². The van der Waals surface area contributed by atoms with Crippen LogP contribution in [0.25, 0.3) is 0 Å². The van der Waals surface area contributed by atoms with Crippen molar-refractivity contribution in [3.63, 3.8) is 0 Å². The van der Waals surface area contributed by atoms with Crippen molar-refractivity contribution in [2.75, 3.05) is 26.9 Å². The zero-order valence-corrected chi connectivity index (χ0v) is 12.5. The van der Waals surface area contributed by atoms with Gasteiger partial charge < -0.3 is 14.8 Å². The van der Waals surface area contributed by atoms with Crippen LogP contribution < -0.4 is 5.32 Å². The molecule has 1 aliphatic heterocycles. The predicted molar refractivity (Wildman–Crippen MR) is 76.0 cm³/mol. The van der Waals surface area contributed by atoms with Crippen LogP contribution in [0.3, 0.4) is 0 Å². The van der Waals surface area contributed by atoms with E-state index < -0.39 is 0 Å². The van der Waals surface area contributed by atoms with Gasteiger partial charge in [0.05, 0.1) is 5.60 Å². The maximum Gasteiger partial charge on any atom is 0.0878 e. The van der Waals surface area contributed by atoms with Gasteiger partial charge in [-0.15, -0.1) is 0 Å². The monoisotopic (exact) mass is 257 g/mol. The molecule has 0 aliphatic carbocycles. The first-order valence-corrected chi connectivity index (χ1v) is 7.68. The highest BCUT2D eigenvalue weighted by Crippen LogP contribution is 2.31. The number of likely N-dealkylation sites (N-methyl/N-ethyl adjacent to an activating group) is 1. The van der Waals surface area contributed by atoms with E-state index in [0.717, 1.165) is 32.7 Å². The maximum atomic E-state index is 6.14. The highest BCUT2D eigenvalue weighted by molar-refractivity contribution is 4.94. The first-order chi connectivity index (χ1) is 8.79. The van der Waals surface area contributed by atoms with Crippen molar-refractivity contribution < 1.29 is 9.47 Å². The number of hydrogen-bond donors (Lipinski definition) is 1. The highest BCUT2D eigenvalue weighted by Gasteiger charge is 2.39. The molecule has 1 atom stereocenters. The van der Waals surface area contributed by atoms with Crippen molar-refractivity contribution in [1.29, 1.82) is 0 Å². The number of unbranched alkanes of at least 4 members (excludes halogenated alkanes) is 3. The molecule has 1 heterocycles. The van der Waals surface area contributed by atoms with Crippen LogP contribution in [0.2, 0.25) is 0 Å². The standard InChI is InChI=1S/C15H31NO2/c1-4-6-7-8-9-14(16-3)15(18-5-2)10-12-17-13-11-15/h14,16H,4-13H2,1-3H3. The molecule has 1 fully saturated rings. The van der Waals surface area contributed by atoms with E-state index in [1.54, 1.807) is 0 Å². The molecule has 3 nitrogen and oxygen atoms in total. The van der Waals surface area contributed by atoms with E-state index in [-0.39, 0.29) is 5.60 Å². The van der Waals surface area contributed by atoms with Gasteiger partial charge in [-0.05, 0) is 20.4 Å². The Morgan fingerprint density at radius 3 is 2.44 bits per heavy atom. The average Bonchev–Trinajstić information content (AvgIpc) is 2.40. The van der Waals surface area contributed by atoms with Gasteiger partial charge in [0.1, 0.15) is 0 Å². The van der Waals surface area contributed by atoms with Crippen molar-refractivity contribution in [2.24, 2.45) is 0 Å². The molecule has 0 saturated carbocycles. The second-order valence-electron chi connectivity index (χ2n) is 5.30. The van der Waals surface area contributed by atoms with E-state index in [9.17, 15) is 0 Å². The van der Waals surface area contributed by atoms with Crippen molar-refractivity contribution in [2.45, 2.75) is 70.4 Å². The maximum absolute atomic E-state index is 6.14. The Labute approximate surface area is 113 Å². The van der Waals surface area contributed by atoms with Gasteiger partial charge in [-0.2, -0.15) is 0 Å². The van der Waals surface area contributed by atoms with Crippen molar-refractivity contribution in [1.82, 2.24) is 5.32 Å². The molecular weight excluding hydrogens is 226 g/mol. The molecule has 0 bridgehead atoms. The van der Waals surface area contributed by atoms with Crippen LogP contribution in [-0.4, -0.2) is 38.5 Å². The third-order valence-electron chi connectivity index (χ3n) is 4.10. The lowest BCUT2D eigenvalue weighted by Gasteiger charge is -2.43. The summed E-state index contributed by atoms with van der Waals surface area (Å²) in [4.78, 5) is 0. The van der Waals surface area contributed by atoms with Gasteiger partial charge in [0.15, 0.2) is 0 Å². The third kappa shape index (κ3) is 4.52. The zero-order valence-electron chi connectivity index (χ0n) is 12.5. The summed E-state index contributed by atoms with van der Waals surface area (Å²) in [6.07, 6.45) is 8.56. The lowest BCUT2D eigenvalue weighted by atomic mass is 9.83. The van der Waals surface area contributed by atoms with Crippen LogP contribution in [0.5, 0.6) is 0 Å². The summed E-state index contributed by atoms with van der Waals surface area (Å²) in [5.74, 6) is 0. The van der Waals surface area contributed by atoms with Crippen molar-refractivity contribution in [3.8, 4) is 0 Å². The fraction of sp³-hybridized carbons (Fsp3) is 1.00. The Balaban J connectivity index is 2.50. The Hall–Kier alpha value is -0.120. The summed E-state index contributed by atoms with van der Waals surface area (Å²) in [5, 5.41) is 3.49. The van der Waals surface area contributed by atoms with Gasteiger partial charge in [-0.1, -0.05) is 32.6 Å². The SMILES string of the molecule is CCCCCCC(NC)C1(OCC)CCOCC1. The Morgan fingerprint density at radius 1 is 1.17 bits per heavy atom. The summed E-state index contributed by atoms with van der Waals surface area (Å²) >= 11 is 0. The van der Waals surface area contributed by atoms with Crippen molar-refractivity contribution >= 4 is 0 Å². The van der Waals surface area contributed by atoms with Gasteiger partial charge in [-0.3, -0.25) is 0 Å². The quantitative estimate of drug-likeness (QED) is 0.644.